The van der Waals surface area contributed by atoms with Gasteiger partial charge in [-0.15, -0.1) is 0 Å². The third-order valence-electron chi connectivity index (χ3n) is 3.02. The van der Waals surface area contributed by atoms with Gasteiger partial charge in [0.2, 0.25) is 0 Å². The Kier molecular flexibility index (Phi) is 4.90. The molecule has 0 unspecified atom stereocenters. The van der Waals surface area contributed by atoms with Crippen LogP contribution < -0.4 is 11.6 Å². The molecule has 14 heavy (non-hydrogen) atoms. The normalized spacial score (nSPS) is 27.3. The van der Waals surface area contributed by atoms with E-state index in [1.807, 2.05) is 0 Å². The Labute approximate surface area is 84.9 Å². The third kappa shape index (κ3) is 4.07. The Hall–Kier alpha value is -0.610. The Balaban J connectivity index is 2.04. The lowest BCUT2D eigenvalue weighted by atomic mass is 9.83. The van der Waals surface area contributed by atoms with Crippen LogP contribution in [0.15, 0.2) is 0 Å². The van der Waals surface area contributed by atoms with E-state index in [1.165, 1.54) is 12.8 Å². The first kappa shape index (κ1) is 11.5. The van der Waals surface area contributed by atoms with Crippen molar-refractivity contribution in [2.75, 3.05) is 0 Å². The Morgan fingerprint density at radius 1 is 1.29 bits per heavy atom. The molecule has 0 radical (unpaired) electrons. The fourth-order valence-electron chi connectivity index (χ4n) is 2.07. The summed E-state index contributed by atoms with van der Waals surface area (Å²) in [7, 11) is 0. The van der Waals surface area contributed by atoms with Gasteiger partial charge in [-0.1, -0.05) is 0 Å². The van der Waals surface area contributed by atoms with Crippen molar-refractivity contribution in [3.63, 3.8) is 0 Å². The molecule has 0 atom stereocenters. The van der Waals surface area contributed by atoms with Crippen molar-refractivity contribution in [3.8, 4) is 0 Å². The van der Waals surface area contributed by atoms with Crippen molar-refractivity contribution in [1.29, 1.82) is 0 Å². The Morgan fingerprint density at radius 2 is 1.93 bits per heavy atom. The largest absolute Gasteiger partial charge is 0.373 e. The number of hydrogen-bond acceptors (Lipinski definition) is 4. The van der Waals surface area contributed by atoms with Crippen molar-refractivity contribution in [2.24, 2.45) is 17.5 Å². The summed E-state index contributed by atoms with van der Waals surface area (Å²) in [6, 6.07) is 0.403. The summed E-state index contributed by atoms with van der Waals surface area (Å²) in [6.07, 6.45) is 7.10. The zero-order valence-corrected chi connectivity index (χ0v) is 8.58. The zero-order valence-electron chi connectivity index (χ0n) is 8.58. The minimum Gasteiger partial charge on any atom is -0.373 e. The van der Waals surface area contributed by atoms with Gasteiger partial charge >= 0.3 is 5.97 Å². The van der Waals surface area contributed by atoms with E-state index in [0.29, 0.717) is 12.5 Å². The summed E-state index contributed by atoms with van der Waals surface area (Å²) in [5.41, 5.74) is 5.80. The molecule has 1 saturated carbocycles. The average Bonchev–Trinajstić information content (AvgIpc) is 2.21. The van der Waals surface area contributed by atoms with Gasteiger partial charge in [0.15, 0.2) is 0 Å². The molecule has 1 aliphatic carbocycles. The lowest BCUT2D eigenvalue weighted by Gasteiger charge is -2.25. The molecule has 82 valence electrons. The van der Waals surface area contributed by atoms with Gasteiger partial charge in [-0.05, 0) is 44.4 Å². The standard InChI is InChI=1S/C10H20N2O2/c11-9-6-4-8(5-7-9)2-1-3-10(13)14-12/h8-9H,1-7,11-12H2. The molecule has 1 fully saturated rings. The average molecular weight is 200 g/mol. The molecule has 0 bridgehead atoms. The SMILES string of the molecule is NOC(=O)CCCC1CCC(N)CC1. The molecule has 0 saturated heterocycles. The van der Waals surface area contributed by atoms with Crippen LogP contribution >= 0.6 is 0 Å². The molecule has 0 aliphatic heterocycles. The van der Waals surface area contributed by atoms with E-state index in [2.05, 4.69) is 4.84 Å². The second-order valence-electron chi connectivity index (χ2n) is 4.16. The van der Waals surface area contributed by atoms with Crippen LogP contribution in [0, 0.1) is 5.92 Å². The fourth-order valence-corrected chi connectivity index (χ4v) is 2.07. The van der Waals surface area contributed by atoms with Crippen LogP contribution in [0.5, 0.6) is 0 Å². The lowest BCUT2D eigenvalue weighted by Crippen LogP contribution is -2.26. The van der Waals surface area contributed by atoms with E-state index >= 15 is 0 Å². The van der Waals surface area contributed by atoms with E-state index < -0.39 is 0 Å². The summed E-state index contributed by atoms with van der Waals surface area (Å²) < 4.78 is 0. The van der Waals surface area contributed by atoms with Gasteiger partial charge < -0.3 is 10.6 Å². The molecule has 1 aliphatic rings. The van der Waals surface area contributed by atoms with Crippen LogP contribution in [0.2, 0.25) is 0 Å². The van der Waals surface area contributed by atoms with Gasteiger partial charge in [-0.2, -0.15) is 5.90 Å². The highest BCUT2D eigenvalue weighted by atomic mass is 16.7. The van der Waals surface area contributed by atoms with Crippen LogP contribution in [0.25, 0.3) is 0 Å². The molecular formula is C10H20N2O2. The van der Waals surface area contributed by atoms with E-state index in [0.717, 1.165) is 31.6 Å². The summed E-state index contributed by atoms with van der Waals surface area (Å²) in [4.78, 5) is 14.8. The molecule has 4 nitrogen and oxygen atoms in total. The first-order valence-corrected chi connectivity index (χ1v) is 5.37. The molecule has 0 aromatic carbocycles. The Bertz CT molecular complexity index is 177. The van der Waals surface area contributed by atoms with Crippen molar-refractivity contribution in [1.82, 2.24) is 0 Å². The van der Waals surface area contributed by atoms with Gasteiger partial charge in [0.25, 0.3) is 0 Å². The molecule has 0 aromatic rings. The minimum atomic E-state index is -0.308. The first-order chi connectivity index (χ1) is 6.72. The number of nitrogens with two attached hydrogens (primary N) is 2. The van der Waals surface area contributed by atoms with E-state index in [1.54, 1.807) is 0 Å². The number of hydrogen-bond donors (Lipinski definition) is 2. The quantitative estimate of drug-likeness (QED) is 0.666. The summed E-state index contributed by atoms with van der Waals surface area (Å²) in [5.74, 6) is 5.19. The van der Waals surface area contributed by atoms with E-state index in [4.69, 9.17) is 11.6 Å². The second-order valence-corrected chi connectivity index (χ2v) is 4.16. The topological polar surface area (TPSA) is 78.3 Å². The molecular weight excluding hydrogens is 180 g/mol. The van der Waals surface area contributed by atoms with E-state index in [9.17, 15) is 4.79 Å². The summed E-state index contributed by atoms with van der Waals surface area (Å²) >= 11 is 0. The maximum absolute atomic E-state index is 10.7. The summed E-state index contributed by atoms with van der Waals surface area (Å²) in [5, 5.41) is 0. The third-order valence-corrected chi connectivity index (χ3v) is 3.02. The zero-order chi connectivity index (χ0) is 10.4. The number of carbonyl (C=O) groups is 1. The maximum atomic E-state index is 10.7. The highest BCUT2D eigenvalue weighted by Gasteiger charge is 2.18. The smallest absolute Gasteiger partial charge is 0.324 e. The van der Waals surface area contributed by atoms with Gasteiger partial charge in [-0.25, -0.2) is 0 Å². The maximum Gasteiger partial charge on any atom is 0.324 e. The van der Waals surface area contributed by atoms with Crippen LogP contribution in [-0.2, 0) is 9.63 Å². The van der Waals surface area contributed by atoms with Crippen molar-refractivity contribution < 1.29 is 9.63 Å². The molecule has 1 rings (SSSR count). The molecule has 0 heterocycles. The van der Waals surface area contributed by atoms with Crippen molar-refractivity contribution >= 4 is 5.97 Å². The monoisotopic (exact) mass is 200 g/mol. The van der Waals surface area contributed by atoms with Crippen molar-refractivity contribution in [3.05, 3.63) is 0 Å². The molecule has 4 N–H and O–H groups in total. The van der Waals surface area contributed by atoms with Crippen molar-refractivity contribution in [2.45, 2.75) is 51.0 Å². The molecule has 0 amide bonds. The lowest BCUT2D eigenvalue weighted by molar-refractivity contribution is -0.144. The Morgan fingerprint density at radius 3 is 2.50 bits per heavy atom. The van der Waals surface area contributed by atoms with Gasteiger partial charge in [-0.3, -0.25) is 4.79 Å². The van der Waals surface area contributed by atoms with Crippen LogP contribution in [-0.4, -0.2) is 12.0 Å². The van der Waals surface area contributed by atoms with Gasteiger partial charge in [0, 0.05) is 12.5 Å². The van der Waals surface area contributed by atoms with Crippen LogP contribution in [0.1, 0.15) is 44.9 Å². The second kappa shape index (κ2) is 5.98. The highest BCUT2D eigenvalue weighted by Crippen LogP contribution is 2.27. The number of carbonyl (C=O) groups excluding carboxylic acids is 1. The predicted molar refractivity (Wildman–Crippen MR) is 54.1 cm³/mol. The highest BCUT2D eigenvalue weighted by molar-refractivity contribution is 5.68. The van der Waals surface area contributed by atoms with Crippen LogP contribution in [0.3, 0.4) is 0 Å². The minimum absolute atomic E-state index is 0.308. The molecule has 4 heteroatoms. The molecule has 0 aromatic heterocycles. The van der Waals surface area contributed by atoms with E-state index in [-0.39, 0.29) is 5.97 Å². The number of rotatable bonds is 4. The molecule has 0 spiro atoms. The predicted octanol–water partition coefficient (Wildman–Crippen LogP) is 1.09. The fraction of sp³-hybridized carbons (Fsp3) is 0.900. The van der Waals surface area contributed by atoms with Gasteiger partial charge in [0.05, 0.1) is 0 Å². The summed E-state index contributed by atoms with van der Waals surface area (Å²) in [6.45, 7) is 0. The first-order valence-electron chi connectivity index (χ1n) is 5.37. The van der Waals surface area contributed by atoms with Crippen LogP contribution in [0.4, 0.5) is 0 Å². The van der Waals surface area contributed by atoms with Gasteiger partial charge in [0.1, 0.15) is 0 Å².